The predicted octanol–water partition coefficient (Wildman–Crippen LogP) is 5.35. The number of rotatable bonds is 3. The number of benzene rings is 2. The van der Waals surface area contributed by atoms with Crippen molar-refractivity contribution in [3.05, 3.63) is 54.1 Å². The first kappa shape index (κ1) is 18.5. The summed E-state index contributed by atoms with van der Waals surface area (Å²) in [5, 5.41) is 7.47. The quantitative estimate of drug-likeness (QED) is 0.658. The highest BCUT2D eigenvalue weighted by atomic mass is 19.4. The molecule has 0 aliphatic heterocycles. The van der Waals surface area contributed by atoms with Crippen molar-refractivity contribution in [3.63, 3.8) is 0 Å². The molecule has 1 N–H and O–H groups in total. The predicted molar refractivity (Wildman–Crippen MR) is 98.7 cm³/mol. The fourth-order valence-electron chi connectivity index (χ4n) is 3.77. The average Bonchev–Trinajstić information content (AvgIpc) is 3.11. The minimum Gasteiger partial charge on any atom is -0.355 e. The number of hydrogen-bond acceptors (Lipinski definition) is 3. The number of carbonyl (C=O) groups excluding carboxylic acids is 1. The molecule has 1 aliphatic carbocycles. The van der Waals surface area contributed by atoms with Gasteiger partial charge in [0.2, 0.25) is 0 Å². The van der Waals surface area contributed by atoms with Crippen molar-refractivity contribution in [2.75, 3.05) is 0 Å². The van der Waals surface area contributed by atoms with Gasteiger partial charge in [-0.25, -0.2) is 0 Å². The summed E-state index contributed by atoms with van der Waals surface area (Å²) in [6, 6.07) is 13.9. The van der Waals surface area contributed by atoms with Crippen LogP contribution >= 0.6 is 0 Å². The number of aromatic nitrogens is 1. The first-order valence-electron chi connectivity index (χ1n) is 9.24. The number of carbonyl (C=O) groups is 1. The van der Waals surface area contributed by atoms with E-state index < -0.39 is 18.1 Å². The van der Waals surface area contributed by atoms with Crippen LogP contribution < -0.4 is 5.32 Å². The molecule has 2 unspecified atom stereocenters. The van der Waals surface area contributed by atoms with Crippen LogP contribution in [-0.2, 0) is 0 Å². The van der Waals surface area contributed by atoms with E-state index in [4.69, 9.17) is 4.52 Å². The molecule has 1 amide bonds. The highest BCUT2D eigenvalue weighted by Crippen LogP contribution is 2.37. The largest absolute Gasteiger partial charge is 0.391 e. The van der Waals surface area contributed by atoms with Crippen molar-refractivity contribution >= 4 is 16.8 Å². The van der Waals surface area contributed by atoms with E-state index in [0.717, 1.165) is 5.56 Å². The number of halogens is 3. The van der Waals surface area contributed by atoms with E-state index in [0.29, 0.717) is 35.1 Å². The second kappa shape index (κ2) is 7.30. The van der Waals surface area contributed by atoms with Crippen molar-refractivity contribution in [1.82, 2.24) is 10.5 Å². The topological polar surface area (TPSA) is 55.1 Å². The van der Waals surface area contributed by atoms with Crippen LogP contribution in [0.25, 0.3) is 22.2 Å². The molecule has 4 rings (SSSR count). The standard InChI is InChI=1S/C21H19F3N2O2/c22-21(23,24)15-7-4-8-16(12-15)25-20(27)14-9-10-18-17(11-14)19(28-26-18)13-5-2-1-3-6-13/h1-3,5-6,9-11,15-16H,4,7-8,12H2,(H,25,27). The molecular formula is C21H19F3N2O2. The molecule has 0 bridgehead atoms. The number of fused-ring (bicyclic) bond motifs is 1. The number of nitrogens with zero attached hydrogens (tertiary/aromatic N) is 1. The summed E-state index contributed by atoms with van der Waals surface area (Å²) >= 11 is 0. The van der Waals surface area contributed by atoms with Crippen molar-refractivity contribution in [3.8, 4) is 11.3 Å². The first-order chi connectivity index (χ1) is 13.4. The van der Waals surface area contributed by atoms with Gasteiger partial charge >= 0.3 is 6.18 Å². The zero-order valence-corrected chi connectivity index (χ0v) is 15.0. The van der Waals surface area contributed by atoms with Gasteiger partial charge < -0.3 is 9.84 Å². The van der Waals surface area contributed by atoms with Crippen molar-refractivity contribution in [2.45, 2.75) is 37.9 Å². The second-order valence-corrected chi connectivity index (χ2v) is 7.19. The Hall–Kier alpha value is -2.83. The van der Waals surface area contributed by atoms with Crippen molar-refractivity contribution in [1.29, 1.82) is 0 Å². The third-order valence-corrected chi connectivity index (χ3v) is 5.25. The molecule has 1 aromatic heterocycles. The van der Waals surface area contributed by atoms with Gasteiger partial charge in [-0.1, -0.05) is 41.9 Å². The fourth-order valence-corrected chi connectivity index (χ4v) is 3.77. The molecule has 1 heterocycles. The van der Waals surface area contributed by atoms with E-state index in [9.17, 15) is 18.0 Å². The van der Waals surface area contributed by atoms with Crippen molar-refractivity contribution < 1.29 is 22.5 Å². The molecule has 0 radical (unpaired) electrons. The molecular weight excluding hydrogens is 369 g/mol. The van der Waals surface area contributed by atoms with Gasteiger partial charge in [-0.05, 0) is 37.5 Å². The minimum atomic E-state index is -4.21. The van der Waals surface area contributed by atoms with Gasteiger partial charge in [0.15, 0.2) is 5.76 Å². The van der Waals surface area contributed by atoms with E-state index in [1.807, 2.05) is 30.3 Å². The molecule has 2 aromatic carbocycles. The molecule has 1 saturated carbocycles. The van der Waals surface area contributed by atoms with Gasteiger partial charge in [-0.15, -0.1) is 0 Å². The molecule has 7 heteroatoms. The lowest BCUT2D eigenvalue weighted by molar-refractivity contribution is -0.183. The Morgan fingerprint density at radius 1 is 1.11 bits per heavy atom. The Bertz CT molecular complexity index is 982. The van der Waals surface area contributed by atoms with E-state index in [-0.39, 0.29) is 18.7 Å². The summed E-state index contributed by atoms with van der Waals surface area (Å²) in [5.74, 6) is -1.17. The summed E-state index contributed by atoms with van der Waals surface area (Å²) in [6.07, 6.45) is -3.14. The third kappa shape index (κ3) is 3.74. The number of amides is 1. The fraction of sp³-hybridized carbons (Fsp3) is 0.333. The van der Waals surface area contributed by atoms with E-state index >= 15 is 0 Å². The van der Waals surface area contributed by atoms with Crippen LogP contribution in [0.4, 0.5) is 13.2 Å². The molecule has 4 nitrogen and oxygen atoms in total. The summed E-state index contributed by atoms with van der Waals surface area (Å²) in [6.45, 7) is 0. The van der Waals surface area contributed by atoms with Crippen LogP contribution in [0.3, 0.4) is 0 Å². The lowest BCUT2D eigenvalue weighted by Gasteiger charge is -2.31. The lowest BCUT2D eigenvalue weighted by Crippen LogP contribution is -2.41. The van der Waals surface area contributed by atoms with Gasteiger partial charge in [0.1, 0.15) is 5.52 Å². The molecule has 28 heavy (non-hydrogen) atoms. The van der Waals surface area contributed by atoms with Crippen LogP contribution in [0.2, 0.25) is 0 Å². The van der Waals surface area contributed by atoms with Crippen LogP contribution in [-0.4, -0.2) is 23.3 Å². The normalized spacial score (nSPS) is 20.2. The smallest absolute Gasteiger partial charge is 0.355 e. The zero-order chi connectivity index (χ0) is 19.7. The Labute approximate surface area is 159 Å². The number of hydrogen-bond donors (Lipinski definition) is 1. The molecule has 0 spiro atoms. The van der Waals surface area contributed by atoms with Crippen LogP contribution in [0.15, 0.2) is 53.1 Å². The molecule has 1 aliphatic rings. The Balaban J connectivity index is 1.55. The molecule has 1 fully saturated rings. The maximum Gasteiger partial charge on any atom is 0.391 e. The van der Waals surface area contributed by atoms with Gasteiger partial charge in [0.05, 0.1) is 11.3 Å². The maximum absolute atomic E-state index is 13.0. The SMILES string of the molecule is O=C(NC1CCCC(C(F)(F)F)C1)c1ccc2noc(-c3ccccc3)c2c1. The second-order valence-electron chi connectivity index (χ2n) is 7.19. The highest BCUT2D eigenvalue weighted by molar-refractivity contribution is 6.01. The van der Waals surface area contributed by atoms with Gasteiger partial charge in [-0.3, -0.25) is 4.79 Å². The summed E-state index contributed by atoms with van der Waals surface area (Å²) in [5.41, 5.74) is 1.83. The van der Waals surface area contributed by atoms with Crippen LogP contribution in [0.1, 0.15) is 36.0 Å². The van der Waals surface area contributed by atoms with Crippen molar-refractivity contribution in [2.24, 2.45) is 5.92 Å². The van der Waals surface area contributed by atoms with Crippen LogP contribution in [0, 0.1) is 5.92 Å². The van der Waals surface area contributed by atoms with E-state index in [1.165, 1.54) is 0 Å². The lowest BCUT2D eigenvalue weighted by atomic mass is 9.85. The summed E-state index contributed by atoms with van der Waals surface area (Å²) in [4.78, 5) is 12.6. The Morgan fingerprint density at radius 3 is 2.64 bits per heavy atom. The Kier molecular flexibility index (Phi) is 4.83. The summed E-state index contributed by atoms with van der Waals surface area (Å²) in [7, 11) is 0. The number of alkyl halides is 3. The van der Waals surface area contributed by atoms with Gasteiger partial charge in [-0.2, -0.15) is 13.2 Å². The third-order valence-electron chi connectivity index (χ3n) is 5.25. The Morgan fingerprint density at radius 2 is 1.89 bits per heavy atom. The molecule has 2 atom stereocenters. The molecule has 0 saturated heterocycles. The van der Waals surface area contributed by atoms with E-state index in [1.54, 1.807) is 18.2 Å². The minimum absolute atomic E-state index is 0.0694. The average molecular weight is 388 g/mol. The molecule has 3 aromatic rings. The van der Waals surface area contributed by atoms with E-state index in [2.05, 4.69) is 10.5 Å². The zero-order valence-electron chi connectivity index (χ0n) is 15.0. The van der Waals surface area contributed by atoms with Gasteiger partial charge in [0, 0.05) is 17.2 Å². The van der Waals surface area contributed by atoms with Crippen LogP contribution in [0.5, 0.6) is 0 Å². The first-order valence-corrected chi connectivity index (χ1v) is 9.24. The van der Waals surface area contributed by atoms with Gasteiger partial charge in [0.25, 0.3) is 5.91 Å². The highest BCUT2D eigenvalue weighted by Gasteiger charge is 2.42. The summed E-state index contributed by atoms with van der Waals surface area (Å²) < 4.78 is 44.4. The molecule has 146 valence electrons. The maximum atomic E-state index is 13.0. The monoisotopic (exact) mass is 388 g/mol. The number of nitrogens with one attached hydrogen (secondary N) is 1.